The van der Waals surface area contributed by atoms with E-state index in [0.717, 1.165) is 0 Å². The summed E-state index contributed by atoms with van der Waals surface area (Å²) < 4.78 is 5.05. The molecular formula is C14H15ClO3. The fourth-order valence-electron chi connectivity index (χ4n) is 2.24. The van der Waals surface area contributed by atoms with E-state index in [4.69, 9.17) is 16.3 Å². The van der Waals surface area contributed by atoms with Crippen LogP contribution in [0.25, 0.3) is 0 Å². The van der Waals surface area contributed by atoms with E-state index in [9.17, 15) is 9.59 Å². The third-order valence-corrected chi connectivity index (χ3v) is 3.67. The lowest BCUT2D eigenvalue weighted by Crippen LogP contribution is -2.22. The normalized spacial score (nSPS) is 16.7. The van der Waals surface area contributed by atoms with E-state index in [-0.39, 0.29) is 17.5 Å². The van der Waals surface area contributed by atoms with Crippen LogP contribution in [0.3, 0.4) is 0 Å². The van der Waals surface area contributed by atoms with Crippen LogP contribution in [0.4, 0.5) is 0 Å². The number of ether oxygens (including phenoxy) is 1. The van der Waals surface area contributed by atoms with Crippen molar-refractivity contribution in [1.82, 2.24) is 0 Å². The molecule has 0 unspecified atom stereocenters. The van der Waals surface area contributed by atoms with Gasteiger partial charge in [0.1, 0.15) is 11.5 Å². The Morgan fingerprint density at radius 1 is 1.33 bits per heavy atom. The van der Waals surface area contributed by atoms with Gasteiger partial charge in [-0.15, -0.1) is 0 Å². The zero-order valence-electron chi connectivity index (χ0n) is 10.2. The SMILES string of the molecule is COc1ccc(C(=O)C2CCC(=O)CC2)c(Cl)c1. The lowest BCUT2D eigenvalue weighted by molar-refractivity contribution is -0.120. The molecule has 0 aromatic heterocycles. The molecule has 96 valence electrons. The van der Waals surface area contributed by atoms with Crippen LogP contribution in [0.5, 0.6) is 5.75 Å². The van der Waals surface area contributed by atoms with Crippen molar-refractivity contribution in [1.29, 1.82) is 0 Å². The zero-order chi connectivity index (χ0) is 13.1. The van der Waals surface area contributed by atoms with Crippen molar-refractivity contribution in [3.8, 4) is 5.75 Å². The Morgan fingerprint density at radius 2 is 2.00 bits per heavy atom. The minimum atomic E-state index is -0.0754. The van der Waals surface area contributed by atoms with Gasteiger partial charge in [-0.2, -0.15) is 0 Å². The van der Waals surface area contributed by atoms with Gasteiger partial charge in [0, 0.05) is 24.3 Å². The molecule has 1 fully saturated rings. The molecule has 3 nitrogen and oxygen atoms in total. The lowest BCUT2D eigenvalue weighted by atomic mass is 9.83. The number of carbonyl (C=O) groups excluding carboxylic acids is 2. The summed E-state index contributed by atoms with van der Waals surface area (Å²) in [7, 11) is 1.56. The maximum absolute atomic E-state index is 12.3. The van der Waals surface area contributed by atoms with Gasteiger partial charge in [-0.05, 0) is 31.0 Å². The standard InChI is InChI=1S/C14H15ClO3/c1-18-11-6-7-12(13(15)8-11)14(17)9-2-4-10(16)5-3-9/h6-9H,2-5H2,1H3. The van der Waals surface area contributed by atoms with Crippen LogP contribution in [0.2, 0.25) is 5.02 Å². The molecule has 2 rings (SSSR count). The van der Waals surface area contributed by atoms with E-state index in [0.29, 0.717) is 42.0 Å². The summed E-state index contributed by atoms with van der Waals surface area (Å²) >= 11 is 6.08. The second-order valence-electron chi connectivity index (χ2n) is 4.52. The highest BCUT2D eigenvalue weighted by Crippen LogP contribution is 2.29. The number of halogens is 1. The number of ketones is 2. The van der Waals surface area contributed by atoms with E-state index in [1.54, 1.807) is 25.3 Å². The van der Waals surface area contributed by atoms with Crippen molar-refractivity contribution < 1.29 is 14.3 Å². The summed E-state index contributed by atoms with van der Waals surface area (Å²) in [5.74, 6) is 0.846. The van der Waals surface area contributed by atoms with E-state index in [1.165, 1.54) is 0 Å². The molecule has 0 atom stereocenters. The van der Waals surface area contributed by atoms with E-state index in [1.807, 2.05) is 0 Å². The Hall–Kier alpha value is -1.35. The maximum Gasteiger partial charge on any atom is 0.167 e. The van der Waals surface area contributed by atoms with Crippen LogP contribution in [0.15, 0.2) is 18.2 Å². The van der Waals surface area contributed by atoms with Gasteiger partial charge in [-0.3, -0.25) is 9.59 Å². The van der Waals surface area contributed by atoms with Crippen molar-refractivity contribution in [2.45, 2.75) is 25.7 Å². The molecule has 0 radical (unpaired) electrons. The summed E-state index contributed by atoms with van der Waals surface area (Å²) in [5, 5.41) is 0.413. The Balaban J connectivity index is 2.16. The molecule has 0 spiro atoms. The number of carbonyl (C=O) groups is 2. The van der Waals surface area contributed by atoms with Gasteiger partial charge < -0.3 is 4.74 Å². The second kappa shape index (κ2) is 5.53. The largest absolute Gasteiger partial charge is 0.497 e. The predicted octanol–water partition coefficient (Wildman–Crippen LogP) is 3.29. The van der Waals surface area contributed by atoms with Crippen molar-refractivity contribution in [2.24, 2.45) is 5.92 Å². The molecule has 1 saturated carbocycles. The molecule has 0 amide bonds. The van der Waals surface area contributed by atoms with Crippen LogP contribution >= 0.6 is 11.6 Å². The van der Waals surface area contributed by atoms with E-state index >= 15 is 0 Å². The van der Waals surface area contributed by atoms with Gasteiger partial charge in [-0.25, -0.2) is 0 Å². The van der Waals surface area contributed by atoms with Gasteiger partial charge in [0.2, 0.25) is 0 Å². The summed E-state index contributed by atoms with van der Waals surface area (Å²) in [5.41, 5.74) is 0.525. The average molecular weight is 267 g/mol. The first-order chi connectivity index (χ1) is 8.61. The first kappa shape index (κ1) is 13.1. The van der Waals surface area contributed by atoms with Crippen molar-refractivity contribution in [3.05, 3.63) is 28.8 Å². The molecule has 1 aliphatic rings. The number of methoxy groups -OCH3 is 1. The van der Waals surface area contributed by atoms with Crippen molar-refractivity contribution >= 4 is 23.2 Å². The molecular weight excluding hydrogens is 252 g/mol. The second-order valence-corrected chi connectivity index (χ2v) is 4.93. The quantitative estimate of drug-likeness (QED) is 0.789. The topological polar surface area (TPSA) is 43.4 Å². The van der Waals surface area contributed by atoms with Crippen molar-refractivity contribution in [2.75, 3.05) is 7.11 Å². The van der Waals surface area contributed by atoms with Crippen LogP contribution in [0, 0.1) is 5.92 Å². The van der Waals surface area contributed by atoms with Crippen LogP contribution in [-0.4, -0.2) is 18.7 Å². The molecule has 0 N–H and O–H groups in total. The molecule has 0 bridgehead atoms. The third kappa shape index (κ3) is 2.72. The van der Waals surface area contributed by atoms with Gasteiger partial charge in [0.05, 0.1) is 12.1 Å². The van der Waals surface area contributed by atoms with Crippen LogP contribution in [-0.2, 0) is 4.79 Å². The Kier molecular flexibility index (Phi) is 4.02. The van der Waals surface area contributed by atoms with Gasteiger partial charge >= 0.3 is 0 Å². The molecule has 4 heteroatoms. The maximum atomic E-state index is 12.3. The molecule has 0 saturated heterocycles. The predicted molar refractivity (Wildman–Crippen MR) is 69.3 cm³/mol. The monoisotopic (exact) mass is 266 g/mol. The highest BCUT2D eigenvalue weighted by atomic mass is 35.5. The lowest BCUT2D eigenvalue weighted by Gasteiger charge is -2.20. The van der Waals surface area contributed by atoms with Gasteiger partial charge in [-0.1, -0.05) is 11.6 Å². The van der Waals surface area contributed by atoms with E-state index < -0.39 is 0 Å². The van der Waals surface area contributed by atoms with Crippen LogP contribution < -0.4 is 4.74 Å². The van der Waals surface area contributed by atoms with Crippen molar-refractivity contribution in [3.63, 3.8) is 0 Å². The fourth-order valence-corrected chi connectivity index (χ4v) is 2.51. The van der Waals surface area contributed by atoms with Gasteiger partial charge in [0.15, 0.2) is 5.78 Å². The summed E-state index contributed by atoms with van der Waals surface area (Å²) in [6.07, 6.45) is 2.29. The highest BCUT2D eigenvalue weighted by molar-refractivity contribution is 6.34. The first-order valence-electron chi connectivity index (χ1n) is 6.01. The number of hydrogen-bond acceptors (Lipinski definition) is 3. The van der Waals surface area contributed by atoms with Crippen LogP contribution in [0.1, 0.15) is 36.0 Å². The number of Topliss-reactive ketones (excluding diaryl/α,β-unsaturated/α-hetero) is 2. The average Bonchev–Trinajstić information content (AvgIpc) is 2.38. The number of hydrogen-bond donors (Lipinski definition) is 0. The highest BCUT2D eigenvalue weighted by Gasteiger charge is 2.26. The first-order valence-corrected chi connectivity index (χ1v) is 6.39. The molecule has 1 aliphatic carbocycles. The van der Waals surface area contributed by atoms with Gasteiger partial charge in [0.25, 0.3) is 0 Å². The van der Waals surface area contributed by atoms with E-state index in [2.05, 4.69) is 0 Å². The fraction of sp³-hybridized carbons (Fsp3) is 0.429. The molecule has 0 aliphatic heterocycles. The Labute approximate surface area is 111 Å². The minimum absolute atomic E-state index is 0.0372. The molecule has 1 aromatic rings. The summed E-state index contributed by atoms with van der Waals surface area (Å²) in [4.78, 5) is 23.5. The Morgan fingerprint density at radius 3 is 2.56 bits per heavy atom. The number of benzene rings is 1. The third-order valence-electron chi connectivity index (χ3n) is 3.36. The number of rotatable bonds is 3. The molecule has 1 aromatic carbocycles. The molecule has 0 heterocycles. The summed E-state index contributed by atoms with van der Waals surface area (Å²) in [6, 6.07) is 5.07. The zero-order valence-corrected chi connectivity index (χ0v) is 11.0. The summed E-state index contributed by atoms with van der Waals surface area (Å²) in [6.45, 7) is 0. The Bertz CT molecular complexity index is 472. The smallest absolute Gasteiger partial charge is 0.167 e. The minimum Gasteiger partial charge on any atom is -0.497 e. The molecule has 18 heavy (non-hydrogen) atoms.